The molecule has 2 aromatic carbocycles. The van der Waals surface area contributed by atoms with Crippen molar-refractivity contribution in [3.8, 4) is 5.75 Å². The van der Waals surface area contributed by atoms with Crippen molar-refractivity contribution in [3.05, 3.63) is 71.0 Å². The molecule has 0 saturated heterocycles. The highest BCUT2D eigenvalue weighted by atomic mass is 16.5. The fourth-order valence-corrected chi connectivity index (χ4v) is 2.81. The third-order valence-corrected chi connectivity index (χ3v) is 4.30. The Morgan fingerprint density at radius 1 is 0.929 bits per heavy atom. The fourth-order valence-electron chi connectivity index (χ4n) is 2.81. The Labute approximate surface area is 165 Å². The second-order valence-corrected chi connectivity index (χ2v) is 6.72. The molecule has 0 bridgehead atoms. The first-order chi connectivity index (χ1) is 13.4. The van der Waals surface area contributed by atoms with Crippen LogP contribution >= 0.6 is 0 Å². The monoisotopic (exact) mass is 376 g/mol. The number of aryl methyl sites for hydroxylation is 3. The molecule has 0 aliphatic rings. The van der Waals surface area contributed by atoms with Gasteiger partial charge in [0.2, 0.25) is 5.95 Å². The van der Waals surface area contributed by atoms with E-state index in [1.54, 1.807) is 0 Å². The summed E-state index contributed by atoms with van der Waals surface area (Å²) in [7, 11) is 0. The highest BCUT2D eigenvalue weighted by molar-refractivity contribution is 5.92. The summed E-state index contributed by atoms with van der Waals surface area (Å²) in [4.78, 5) is 21.0. The van der Waals surface area contributed by atoms with E-state index < -0.39 is 0 Å². The van der Waals surface area contributed by atoms with Crippen molar-refractivity contribution in [1.82, 2.24) is 9.97 Å². The van der Waals surface area contributed by atoms with Gasteiger partial charge in [-0.25, -0.2) is 9.97 Å². The van der Waals surface area contributed by atoms with Crippen molar-refractivity contribution >= 4 is 23.2 Å². The van der Waals surface area contributed by atoms with Crippen LogP contribution in [0.15, 0.2) is 48.5 Å². The highest BCUT2D eigenvalue weighted by Gasteiger charge is 2.08. The molecule has 0 spiro atoms. The molecule has 0 radical (unpaired) electrons. The minimum Gasteiger partial charge on any atom is -0.483 e. The molecule has 3 aromatic rings. The quantitative estimate of drug-likeness (QED) is 0.664. The number of nitrogens with zero attached hydrogens (tertiary/aromatic N) is 2. The van der Waals surface area contributed by atoms with Crippen LogP contribution in [0.4, 0.5) is 17.3 Å². The third kappa shape index (κ3) is 5.07. The smallest absolute Gasteiger partial charge is 0.262 e. The molecule has 0 saturated carbocycles. The number of ether oxygens (including phenoxy) is 1. The van der Waals surface area contributed by atoms with Crippen molar-refractivity contribution in [2.24, 2.45) is 0 Å². The molecule has 28 heavy (non-hydrogen) atoms. The van der Waals surface area contributed by atoms with Crippen LogP contribution in [-0.4, -0.2) is 22.5 Å². The molecule has 1 heterocycles. The summed E-state index contributed by atoms with van der Waals surface area (Å²) in [6.45, 7) is 7.79. The van der Waals surface area contributed by atoms with E-state index in [-0.39, 0.29) is 12.5 Å². The van der Waals surface area contributed by atoms with Crippen LogP contribution in [-0.2, 0) is 4.79 Å². The SMILES string of the molecule is Cc1cc(C)nc(Nc2cccc(NC(=O)COc3cccc(C)c3C)c2)n1. The summed E-state index contributed by atoms with van der Waals surface area (Å²) in [5, 5.41) is 6.02. The minimum absolute atomic E-state index is 0.0534. The molecular formula is C22H24N4O2. The Hall–Kier alpha value is -3.41. The number of benzene rings is 2. The van der Waals surface area contributed by atoms with Gasteiger partial charge in [0.05, 0.1) is 0 Å². The van der Waals surface area contributed by atoms with Crippen LogP contribution in [0.5, 0.6) is 5.75 Å². The van der Waals surface area contributed by atoms with Crippen molar-refractivity contribution in [2.75, 3.05) is 17.2 Å². The molecule has 3 rings (SSSR count). The van der Waals surface area contributed by atoms with E-state index in [0.717, 1.165) is 34.0 Å². The van der Waals surface area contributed by atoms with Gasteiger partial charge in [0.15, 0.2) is 6.61 Å². The normalized spacial score (nSPS) is 10.4. The summed E-state index contributed by atoms with van der Waals surface area (Å²) in [6, 6.07) is 15.1. The first-order valence-electron chi connectivity index (χ1n) is 9.09. The Bertz CT molecular complexity index is 981. The Morgan fingerprint density at radius 2 is 1.61 bits per heavy atom. The van der Waals surface area contributed by atoms with Crippen LogP contribution in [0.25, 0.3) is 0 Å². The summed E-state index contributed by atoms with van der Waals surface area (Å²) < 4.78 is 5.66. The van der Waals surface area contributed by atoms with Gasteiger partial charge in [-0.3, -0.25) is 4.79 Å². The van der Waals surface area contributed by atoms with Gasteiger partial charge in [-0.05, 0) is 69.2 Å². The van der Waals surface area contributed by atoms with Crippen molar-refractivity contribution in [3.63, 3.8) is 0 Å². The first kappa shape index (κ1) is 19.4. The van der Waals surface area contributed by atoms with Gasteiger partial charge in [-0.1, -0.05) is 18.2 Å². The van der Waals surface area contributed by atoms with Gasteiger partial charge in [-0.15, -0.1) is 0 Å². The second kappa shape index (κ2) is 8.52. The minimum atomic E-state index is -0.222. The molecule has 0 aliphatic heterocycles. The van der Waals surface area contributed by atoms with Crippen LogP contribution in [0.2, 0.25) is 0 Å². The van der Waals surface area contributed by atoms with Gasteiger partial charge in [0.25, 0.3) is 5.91 Å². The van der Waals surface area contributed by atoms with Gasteiger partial charge < -0.3 is 15.4 Å². The fraction of sp³-hybridized carbons (Fsp3) is 0.227. The number of anilines is 3. The van der Waals surface area contributed by atoms with Crippen molar-refractivity contribution < 1.29 is 9.53 Å². The van der Waals surface area contributed by atoms with E-state index in [0.29, 0.717) is 11.6 Å². The van der Waals surface area contributed by atoms with E-state index in [4.69, 9.17) is 4.74 Å². The second-order valence-electron chi connectivity index (χ2n) is 6.72. The predicted octanol–water partition coefficient (Wildman–Crippen LogP) is 4.47. The standard InChI is InChI=1S/C22H24N4O2/c1-14-7-5-10-20(17(14)4)28-13-21(27)25-18-8-6-9-19(12-18)26-22-23-15(2)11-16(3)24-22/h5-12H,13H2,1-4H3,(H,25,27)(H,23,24,26). The molecule has 0 unspecified atom stereocenters. The topological polar surface area (TPSA) is 76.1 Å². The lowest BCUT2D eigenvalue weighted by Gasteiger charge is -2.12. The van der Waals surface area contributed by atoms with E-state index in [2.05, 4.69) is 20.6 Å². The average Bonchev–Trinajstić information content (AvgIpc) is 2.62. The number of hydrogen-bond acceptors (Lipinski definition) is 5. The maximum Gasteiger partial charge on any atom is 0.262 e. The lowest BCUT2D eigenvalue weighted by molar-refractivity contribution is -0.118. The van der Waals surface area contributed by atoms with Crippen LogP contribution in [0, 0.1) is 27.7 Å². The number of carbonyl (C=O) groups is 1. The molecule has 0 fully saturated rings. The number of rotatable bonds is 6. The zero-order valence-corrected chi connectivity index (χ0v) is 16.5. The zero-order chi connectivity index (χ0) is 20.1. The number of aromatic nitrogens is 2. The molecule has 0 atom stereocenters. The van der Waals surface area contributed by atoms with Crippen molar-refractivity contribution in [2.45, 2.75) is 27.7 Å². The number of nitrogens with one attached hydrogen (secondary N) is 2. The first-order valence-corrected chi connectivity index (χ1v) is 9.09. The van der Waals surface area contributed by atoms with E-state index in [9.17, 15) is 4.79 Å². The van der Waals surface area contributed by atoms with Gasteiger partial charge in [-0.2, -0.15) is 0 Å². The average molecular weight is 376 g/mol. The number of amides is 1. The van der Waals surface area contributed by atoms with Gasteiger partial charge in [0, 0.05) is 22.8 Å². The molecule has 6 heteroatoms. The van der Waals surface area contributed by atoms with E-state index in [1.807, 2.05) is 76.2 Å². The Morgan fingerprint density at radius 3 is 2.36 bits per heavy atom. The molecular weight excluding hydrogens is 352 g/mol. The molecule has 1 aromatic heterocycles. The third-order valence-electron chi connectivity index (χ3n) is 4.30. The lowest BCUT2D eigenvalue weighted by atomic mass is 10.1. The highest BCUT2D eigenvalue weighted by Crippen LogP contribution is 2.21. The Balaban J connectivity index is 1.62. The van der Waals surface area contributed by atoms with Crippen LogP contribution < -0.4 is 15.4 Å². The Kier molecular flexibility index (Phi) is 5.89. The van der Waals surface area contributed by atoms with E-state index >= 15 is 0 Å². The molecule has 1 amide bonds. The molecule has 0 aliphatic carbocycles. The van der Waals surface area contributed by atoms with Crippen LogP contribution in [0.1, 0.15) is 22.5 Å². The number of hydrogen-bond donors (Lipinski definition) is 2. The maximum absolute atomic E-state index is 12.3. The number of carbonyl (C=O) groups excluding carboxylic acids is 1. The van der Waals surface area contributed by atoms with E-state index in [1.165, 1.54) is 0 Å². The molecule has 2 N–H and O–H groups in total. The lowest BCUT2D eigenvalue weighted by Crippen LogP contribution is -2.20. The van der Waals surface area contributed by atoms with Gasteiger partial charge in [0.1, 0.15) is 5.75 Å². The largest absolute Gasteiger partial charge is 0.483 e. The predicted molar refractivity (Wildman–Crippen MR) is 111 cm³/mol. The zero-order valence-electron chi connectivity index (χ0n) is 16.5. The molecule has 144 valence electrons. The maximum atomic E-state index is 12.3. The summed E-state index contributed by atoms with van der Waals surface area (Å²) in [5.41, 5.74) is 5.41. The summed E-state index contributed by atoms with van der Waals surface area (Å²) in [5.74, 6) is 1.03. The van der Waals surface area contributed by atoms with Crippen LogP contribution in [0.3, 0.4) is 0 Å². The summed E-state index contributed by atoms with van der Waals surface area (Å²) in [6.07, 6.45) is 0. The van der Waals surface area contributed by atoms with Crippen molar-refractivity contribution in [1.29, 1.82) is 0 Å². The van der Waals surface area contributed by atoms with Gasteiger partial charge >= 0.3 is 0 Å². The summed E-state index contributed by atoms with van der Waals surface area (Å²) >= 11 is 0. The molecule has 6 nitrogen and oxygen atoms in total.